The molecule has 1 atom stereocenters. The smallest absolute Gasteiger partial charge is 0.497 e. The van der Waals surface area contributed by atoms with Crippen molar-refractivity contribution < 1.29 is 45.7 Å². The molecule has 0 saturated carbocycles. The van der Waals surface area contributed by atoms with E-state index in [1.54, 1.807) is 38.1 Å². The lowest BCUT2D eigenvalue weighted by Crippen LogP contribution is -2.42. The number of hydrogen-bond donors (Lipinski definition) is 2. The summed E-state index contributed by atoms with van der Waals surface area (Å²) in [6, 6.07) is 14.6. The molecule has 44 heavy (non-hydrogen) atoms. The van der Waals surface area contributed by atoms with Crippen LogP contribution >= 0.6 is 0 Å². The number of carboxylic acids is 1. The normalized spacial score (nSPS) is 12.3. The largest absolute Gasteiger partial charge is 0.573 e. The predicted molar refractivity (Wildman–Crippen MR) is 156 cm³/mol. The topological polar surface area (TPSA) is 116 Å². The molecule has 0 amide bonds. The highest BCUT2D eigenvalue weighted by molar-refractivity contribution is 7.89. The van der Waals surface area contributed by atoms with E-state index < -0.39 is 28.4 Å². The molecule has 0 fully saturated rings. The molecule has 0 aliphatic carbocycles. The maximum absolute atomic E-state index is 13.2. The Kier molecular flexibility index (Phi) is 9.76. The molecule has 1 aromatic heterocycles. The lowest BCUT2D eigenvalue weighted by Gasteiger charge is -2.16. The summed E-state index contributed by atoms with van der Waals surface area (Å²) in [5.74, 6) is 4.52. The molecular weight excluding hydrogens is 601 g/mol. The average molecular weight is 631 g/mol. The number of aliphatic carboxylic acids is 1. The molecule has 0 aliphatic rings. The van der Waals surface area contributed by atoms with Crippen molar-refractivity contribution in [3.63, 3.8) is 0 Å². The molecule has 4 rings (SSSR count). The number of sulfonamides is 1. The van der Waals surface area contributed by atoms with Crippen LogP contribution in [0.15, 0.2) is 71.6 Å². The van der Waals surface area contributed by atoms with E-state index in [0.717, 1.165) is 0 Å². The second-order valence-electron chi connectivity index (χ2n) is 9.63. The monoisotopic (exact) mass is 630 g/mol. The Bertz CT molecular complexity index is 1820. The van der Waals surface area contributed by atoms with Gasteiger partial charge in [-0.25, -0.2) is 8.42 Å². The molecule has 4 aromatic rings. The van der Waals surface area contributed by atoms with Gasteiger partial charge < -0.3 is 23.9 Å². The zero-order valence-corrected chi connectivity index (χ0v) is 24.8. The lowest BCUT2D eigenvalue weighted by molar-refractivity contribution is -0.274. The number of nitrogens with one attached hydrogen (secondary N) is 1. The fraction of sp³-hybridized carbons (Fsp3) is 0.258. The Balaban J connectivity index is 1.66. The van der Waals surface area contributed by atoms with E-state index in [1.807, 2.05) is 4.57 Å². The summed E-state index contributed by atoms with van der Waals surface area (Å²) in [6.45, 7) is 3.65. The minimum atomic E-state index is -4.85. The van der Waals surface area contributed by atoms with Crippen molar-refractivity contribution in [2.45, 2.75) is 44.1 Å². The lowest BCUT2D eigenvalue weighted by atomic mass is 10.0. The summed E-state index contributed by atoms with van der Waals surface area (Å²) in [6.07, 6.45) is -5.08. The molecule has 0 saturated heterocycles. The van der Waals surface area contributed by atoms with E-state index in [-0.39, 0.29) is 30.2 Å². The minimum Gasteiger partial charge on any atom is -0.497 e. The number of carbonyl (C=O) groups is 1. The summed E-state index contributed by atoms with van der Waals surface area (Å²) < 4.78 is 83.6. The number of carboxylic acid groups (broad SMARTS) is 1. The molecule has 1 unspecified atom stereocenters. The number of benzene rings is 3. The number of aromatic nitrogens is 1. The Morgan fingerprint density at radius 2 is 1.75 bits per heavy atom. The Morgan fingerprint density at radius 3 is 2.39 bits per heavy atom. The van der Waals surface area contributed by atoms with E-state index in [2.05, 4.69) is 21.3 Å². The fourth-order valence-electron chi connectivity index (χ4n) is 4.69. The van der Waals surface area contributed by atoms with E-state index in [0.29, 0.717) is 39.2 Å². The Morgan fingerprint density at radius 1 is 1.05 bits per heavy atom. The maximum Gasteiger partial charge on any atom is 0.573 e. The number of hydrogen-bond acceptors (Lipinski definition) is 6. The molecule has 13 heteroatoms. The van der Waals surface area contributed by atoms with Crippen LogP contribution in [0.4, 0.5) is 13.2 Å². The highest BCUT2D eigenvalue weighted by Crippen LogP contribution is 2.32. The number of nitrogens with zero attached hydrogens (tertiary/aromatic N) is 1. The van der Waals surface area contributed by atoms with Gasteiger partial charge in [0.05, 0.1) is 12.0 Å². The standard InChI is InChI=1S/C31H29F3N2O7S/c1-4-5-15-42-22-9-12-25(13-10-22)44(39,40)35-28(30(37)38)18-26-20(2)36(29-14-11-23(41-3)17-27(26)29)19-21-7-6-8-24(16-21)43-31(32,33)34/h6-14,16-17,28,35H,15,18-19H2,1-3H3,(H,37,38). The molecule has 3 aromatic carbocycles. The summed E-state index contributed by atoms with van der Waals surface area (Å²) >= 11 is 0. The van der Waals surface area contributed by atoms with Crippen LogP contribution in [-0.2, 0) is 27.8 Å². The first kappa shape index (κ1) is 32.2. The van der Waals surface area contributed by atoms with E-state index >= 15 is 0 Å². The van der Waals surface area contributed by atoms with Crippen molar-refractivity contribution in [3.8, 4) is 29.1 Å². The second kappa shape index (κ2) is 13.3. The molecular formula is C31H29F3N2O7S. The van der Waals surface area contributed by atoms with Gasteiger partial charge in [-0.2, -0.15) is 4.72 Å². The molecule has 0 radical (unpaired) electrons. The van der Waals surface area contributed by atoms with Crippen LogP contribution in [0.2, 0.25) is 0 Å². The molecule has 232 valence electrons. The third-order valence-electron chi connectivity index (χ3n) is 6.76. The van der Waals surface area contributed by atoms with E-state index in [1.165, 1.54) is 49.6 Å². The predicted octanol–water partition coefficient (Wildman–Crippen LogP) is 5.28. The first-order valence-electron chi connectivity index (χ1n) is 13.2. The van der Waals surface area contributed by atoms with Crippen molar-refractivity contribution >= 4 is 26.9 Å². The van der Waals surface area contributed by atoms with Crippen LogP contribution in [0.5, 0.6) is 17.2 Å². The SMILES string of the molecule is CC#CCOc1ccc(S(=O)(=O)NC(Cc2c(C)n(Cc3cccc(OC(F)(F)F)c3)c3ccc(OC)cc23)C(=O)O)cc1. The maximum atomic E-state index is 13.2. The molecule has 0 aliphatic heterocycles. The molecule has 9 nitrogen and oxygen atoms in total. The van der Waals surface area contributed by atoms with Gasteiger partial charge in [0.15, 0.2) is 0 Å². The van der Waals surface area contributed by atoms with Crippen molar-refractivity contribution in [3.05, 3.63) is 83.6 Å². The van der Waals surface area contributed by atoms with Crippen LogP contribution in [-0.4, -0.2) is 50.2 Å². The van der Waals surface area contributed by atoms with E-state index in [4.69, 9.17) is 9.47 Å². The number of methoxy groups -OCH3 is 1. The number of halogens is 3. The van der Waals surface area contributed by atoms with Crippen molar-refractivity contribution in [1.29, 1.82) is 0 Å². The summed E-state index contributed by atoms with van der Waals surface area (Å²) in [5.41, 5.74) is 2.27. The Hall–Kier alpha value is -4.67. The summed E-state index contributed by atoms with van der Waals surface area (Å²) in [5, 5.41) is 10.6. The van der Waals surface area contributed by atoms with Crippen LogP contribution in [0.25, 0.3) is 10.9 Å². The first-order valence-corrected chi connectivity index (χ1v) is 14.7. The van der Waals surface area contributed by atoms with Crippen LogP contribution in [0.3, 0.4) is 0 Å². The van der Waals surface area contributed by atoms with Crippen LogP contribution in [0, 0.1) is 18.8 Å². The number of rotatable bonds is 12. The zero-order chi connectivity index (χ0) is 32.1. The highest BCUT2D eigenvalue weighted by atomic mass is 32.2. The van der Waals surface area contributed by atoms with Crippen molar-refractivity contribution in [1.82, 2.24) is 9.29 Å². The number of alkyl halides is 3. The van der Waals surface area contributed by atoms with Gasteiger partial charge in [-0.05, 0) is 79.6 Å². The van der Waals surface area contributed by atoms with Gasteiger partial charge in [-0.1, -0.05) is 18.1 Å². The van der Waals surface area contributed by atoms with Gasteiger partial charge in [-0.15, -0.1) is 19.1 Å². The quantitative estimate of drug-likeness (QED) is 0.205. The molecule has 2 N–H and O–H groups in total. The number of fused-ring (bicyclic) bond motifs is 1. The van der Waals surface area contributed by atoms with Gasteiger partial charge in [-0.3, -0.25) is 4.79 Å². The Labute approximate surface area is 252 Å². The average Bonchev–Trinajstić information content (AvgIpc) is 3.21. The minimum absolute atomic E-state index is 0.130. The third-order valence-corrected chi connectivity index (χ3v) is 8.25. The molecule has 0 bridgehead atoms. The fourth-order valence-corrected chi connectivity index (χ4v) is 5.88. The van der Waals surface area contributed by atoms with Crippen molar-refractivity contribution in [2.75, 3.05) is 13.7 Å². The zero-order valence-electron chi connectivity index (χ0n) is 23.9. The molecule has 1 heterocycles. The summed E-state index contributed by atoms with van der Waals surface area (Å²) in [7, 11) is -2.79. The third kappa shape index (κ3) is 7.83. The van der Waals surface area contributed by atoms with Crippen LogP contribution < -0.4 is 18.9 Å². The second-order valence-corrected chi connectivity index (χ2v) is 11.3. The van der Waals surface area contributed by atoms with Gasteiger partial charge in [0, 0.05) is 29.6 Å². The van der Waals surface area contributed by atoms with Gasteiger partial charge in [0.1, 0.15) is 29.9 Å². The number of ether oxygens (including phenoxy) is 3. The van der Waals surface area contributed by atoms with Crippen molar-refractivity contribution in [2.24, 2.45) is 0 Å². The molecule has 0 spiro atoms. The van der Waals surface area contributed by atoms with Gasteiger partial charge >= 0.3 is 12.3 Å². The van der Waals surface area contributed by atoms with Gasteiger partial charge in [0.2, 0.25) is 10.0 Å². The summed E-state index contributed by atoms with van der Waals surface area (Å²) in [4.78, 5) is 12.2. The van der Waals surface area contributed by atoms with E-state index in [9.17, 15) is 31.5 Å². The van der Waals surface area contributed by atoms with Gasteiger partial charge in [0.25, 0.3) is 0 Å². The first-order chi connectivity index (χ1) is 20.8. The highest BCUT2D eigenvalue weighted by Gasteiger charge is 2.31. The van der Waals surface area contributed by atoms with Crippen LogP contribution in [0.1, 0.15) is 23.7 Å².